The van der Waals surface area contributed by atoms with Gasteiger partial charge in [0.15, 0.2) is 0 Å². The lowest BCUT2D eigenvalue weighted by molar-refractivity contribution is -0.115. The van der Waals surface area contributed by atoms with Crippen molar-refractivity contribution in [2.75, 3.05) is 12.4 Å². The Labute approximate surface area is 108 Å². The molecular weight excluding hydrogens is 284 g/mol. The molecule has 0 saturated carbocycles. The SMILES string of the molecule is CC(Br)C(=O)Nc1ccc2c(c1)C(=O)N(C)C2. The highest BCUT2D eigenvalue weighted by Gasteiger charge is 2.24. The number of carbonyl (C=O) groups excluding carboxylic acids is 2. The summed E-state index contributed by atoms with van der Waals surface area (Å²) >= 11 is 3.19. The molecule has 1 aliphatic rings. The maximum atomic E-state index is 11.8. The summed E-state index contributed by atoms with van der Waals surface area (Å²) in [5.41, 5.74) is 2.33. The Morgan fingerprint density at radius 2 is 2.24 bits per heavy atom. The molecule has 1 aromatic rings. The summed E-state index contributed by atoms with van der Waals surface area (Å²) in [7, 11) is 1.77. The number of hydrogen-bond acceptors (Lipinski definition) is 2. The molecule has 1 heterocycles. The Morgan fingerprint density at radius 3 is 2.88 bits per heavy atom. The van der Waals surface area contributed by atoms with Crippen molar-refractivity contribution in [2.24, 2.45) is 0 Å². The van der Waals surface area contributed by atoms with Crippen LogP contribution in [0.3, 0.4) is 0 Å². The van der Waals surface area contributed by atoms with Gasteiger partial charge in [0.2, 0.25) is 5.91 Å². The second-order valence-corrected chi connectivity index (χ2v) is 5.51. The molecule has 1 N–H and O–H groups in total. The van der Waals surface area contributed by atoms with E-state index in [0.29, 0.717) is 17.8 Å². The molecule has 1 aliphatic heterocycles. The van der Waals surface area contributed by atoms with Crippen molar-refractivity contribution < 1.29 is 9.59 Å². The Kier molecular flexibility index (Phi) is 3.19. The highest BCUT2D eigenvalue weighted by Crippen LogP contribution is 2.24. The van der Waals surface area contributed by atoms with Gasteiger partial charge in [0, 0.05) is 24.8 Å². The molecule has 1 unspecified atom stereocenters. The van der Waals surface area contributed by atoms with E-state index in [-0.39, 0.29) is 16.6 Å². The number of hydrogen-bond donors (Lipinski definition) is 1. The number of nitrogens with zero attached hydrogens (tertiary/aromatic N) is 1. The predicted octanol–water partition coefficient (Wildman–Crippen LogP) is 1.99. The number of amides is 2. The van der Waals surface area contributed by atoms with E-state index in [1.807, 2.05) is 12.1 Å². The van der Waals surface area contributed by atoms with Gasteiger partial charge in [-0.3, -0.25) is 9.59 Å². The summed E-state index contributed by atoms with van der Waals surface area (Å²) in [5.74, 6) is -0.119. The van der Waals surface area contributed by atoms with Gasteiger partial charge in [0.1, 0.15) is 0 Å². The summed E-state index contributed by atoms with van der Waals surface area (Å²) in [4.78, 5) is 24.7. The van der Waals surface area contributed by atoms with Crippen LogP contribution in [0.15, 0.2) is 18.2 Å². The molecule has 90 valence electrons. The minimum atomic E-state index is -0.255. The molecule has 0 bridgehead atoms. The molecule has 2 rings (SSSR count). The van der Waals surface area contributed by atoms with Crippen molar-refractivity contribution in [3.8, 4) is 0 Å². The van der Waals surface area contributed by atoms with Crippen molar-refractivity contribution in [3.63, 3.8) is 0 Å². The average molecular weight is 297 g/mol. The van der Waals surface area contributed by atoms with Gasteiger partial charge < -0.3 is 10.2 Å². The van der Waals surface area contributed by atoms with Crippen LogP contribution in [0.4, 0.5) is 5.69 Å². The fraction of sp³-hybridized carbons (Fsp3) is 0.333. The Bertz CT molecular complexity index is 485. The molecule has 0 aromatic heterocycles. The number of rotatable bonds is 2. The quantitative estimate of drug-likeness (QED) is 0.849. The third kappa shape index (κ3) is 2.34. The van der Waals surface area contributed by atoms with E-state index >= 15 is 0 Å². The highest BCUT2D eigenvalue weighted by atomic mass is 79.9. The number of alkyl halides is 1. The second-order valence-electron chi connectivity index (χ2n) is 4.14. The third-order valence-corrected chi connectivity index (χ3v) is 3.14. The van der Waals surface area contributed by atoms with Crippen molar-refractivity contribution >= 4 is 33.4 Å². The topological polar surface area (TPSA) is 49.4 Å². The lowest BCUT2D eigenvalue weighted by atomic mass is 10.1. The third-order valence-electron chi connectivity index (χ3n) is 2.72. The molecule has 0 aliphatic carbocycles. The molecule has 2 amide bonds. The van der Waals surface area contributed by atoms with Crippen molar-refractivity contribution in [3.05, 3.63) is 29.3 Å². The van der Waals surface area contributed by atoms with E-state index < -0.39 is 0 Å². The maximum Gasteiger partial charge on any atom is 0.254 e. The Morgan fingerprint density at radius 1 is 1.53 bits per heavy atom. The standard InChI is InChI=1S/C12H13BrN2O2/c1-7(13)11(16)14-9-4-3-8-6-15(2)12(17)10(8)5-9/h3-5,7H,6H2,1-2H3,(H,14,16). The van der Waals surface area contributed by atoms with Crippen LogP contribution in [-0.2, 0) is 11.3 Å². The Balaban J connectivity index is 2.24. The van der Waals surface area contributed by atoms with Crippen LogP contribution in [0.2, 0.25) is 0 Å². The predicted molar refractivity (Wildman–Crippen MR) is 69.3 cm³/mol. The molecule has 1 atom stereocenters. The zero-order valence-electron chi connectivity index (χ0n) is 9.66. The van der Waals surface area contributed by atoms with E-state index in [2.05, 4.69) is 21.2 Å². The smallest absolute Gasteiger partial charge is 0.254 e. The summed E-state index contributed by atoms with van der Waals surface area (Å²) in [6.45, 7) is 2.39. The van der Waals surface area contributed by atoms with Crippen LogP contribution >= 0.6 is 15.9 Å². The van der Waals surface area contributed by atoms with Gasteiger partial charge in [0.05, 0.1) is 4.83 Å². The van der Waals surface area contributed by atoms with Crippen LogP contribution in [0.5, 0.6) is 0 Å². The summed E-state index contributed by atoms with van der Waals surface area (Å²) in [6.07, 6.45) is 0. The first kappa shape index (κ1) is 12.1. The molecule has 0 saturated heterocycles. The average Bonchev–Trinajstić information content (AvgIpc) is 2.55. The zero-order valence-corrected chi connectivity index (χ0v) is 11.2. The fourth-order valence-electron chi connectivity index (χ4n) is 1.77. The van der Waals surface area contributed by atoms with Crippen LogP contribution in [0, 0.1) is 0 Å². The van der Waals surface area contributed by atoms with E-state index in [9.17, 15) is 9.59 Å². The summed E-state index contributed by atoms with van der Waals surface area (Å²) in [6, 6.07) is 5.43. The number of carbonyl (C=O) groups is 2. The van der Waals surface area contributed by atoms with E-state index in [1.165, 1.54) is 0 Å². The first-order valence-electron chi connectivity index (χ1n) is 5.32. The van der Waals surface area contributed by atoms with Crippen LogP contribution in [0.1, 0.15) is 22.8 Å². The number of anilines is 1. The number of fused-ring (bicyclic) bond motifs is 1. The summed E-state index contributed by atoms with van der Waals surface area (Å²) < 4.78 is 0. The first-order chi connectivity index (χ1) is 7.99. The molecule has 5 heteroatoms. The normalized spacial score (nSPS) is 15.7. The zero-order chi connectivity index (χ0) is 12.6. The van der Waals surface area contributed by atoms with E-state index in [0.717, 1.165) is 5.56 Å². The summed E-state index contributed by atoms with van der Waals surface area (Å²) in [5, 5.41) is 2.75. The van der Waals surface area contributed by atoms with Gasteiger partial charge in [-0.25, -0.2) is 0 Å². The largest absolute Gasteiger partial charge is 0.337 e. The van der Waals surface area contributed by atoms with E-state index in [1.54, 1.807) is 24.9 Å². The molecule has 17 heavy (non-hydrogen) atoms. The molecule has 1 aromatic carbocycles. The monoisotopic (exact) mass is 296 g/mol. The minimum absolute atomic E-state index is 0.00277. The van der Waals surface area contributed by atoms with Crippen molar-refractivity contribution in [1.82, 2.24) is 4.90 Å². The highest BCUT2D eigenvalue weighted by molar-refractivity contribution is 9.10. The fourth-order valence-corrected chi connectivity index (χ4v) is 1.88. The van der Waals surface area contributed by atoms with Crippen LogP contribution < -0.4 is 5.32 Å². The van der Waals surface area contributed by atoms with E-state index in [4.69, 9.17) is 0 Å². The lowest BCUT2D eigenvalue weighted by Gasteiger charge is -2.07. The van der Waals surface area contributed by atoms with Gasteiger partial charge in [-0.1, -0.05) is 22.0 Å². The first-order valence-corrected chi connectivity index (χ1v) is 6.24. The number of benzene rings is 1. The molecule has 4 nitrogen and oxygen atoms in total. The van der Waals surface area contributed by atoms with Crippen molar-refractivity contribution in [2.45, 2.75) is 18.3 Å². The van der Waals surface area contributed by atoms with Gasteiger partial charge >= 0.3 is 0 Å². The number of nitrogens with one attached hydrogen (secondary N) is 1. The van der Waals surface area contributed by atoms with Gasteiger partial charge in [-0.15, -0.1) is 0 Å². The van der Waals surface area contributed by atoms with Gasteiger partial charge in [-0.05, 0) is 24.6 Å². The van der Waals surface area contributed by atoms with Crippen LogP contribution in [0.25, 0.3) is 0 Å². The molecule has 0 spiro atoms. The second kappa shape index (κ2) is 4.49. The minimum Gasteiger partial charge on any atom is -0.337 e. The van der Waals surface area contributed by atoms with Gasteiger partial charge in [-0.2, -0.15) is 0 Å². The molecule has 0 fully saturated rings. The molecule has 0 radical (unpaired) electrons. The number of halogens is 1. The molecular formula is C12H13BrN2O2. The lowest BCUT2D eigenvalue weighted by Crippen LogP contribution is -2.20. The maximum absolute atomic E-state index is 11.8. The van der Waals surface area contributed by atoms with Crippen molar-refractivity contribution in [1.29, 1.82) is 0 Å². The Hall–Kier alpha value is -1.36. The van der Waals surface area contributed by atoms with Gasteiger partial charge in [0.25, 0.3) is 5.91 Å². The van der Waals surface area contributed by atoms with Crippen LogP contribution in [-0.4, -0.2) is 28.6 Å².